The van der Waals surface area contributed by atoms with E-state index in [0.29, 0.717) is 6.42 Å². The Kier molecular flexibility index (Phi) is 13.9. The molecule has 0 aliphatic rings. The van der Waals surface area contributed by atoms with Gasteiger partial charge in [-0.2, -0.15) is 0 Å². The van der Waals surface area contributed by atoms with Gasteiger partial charge in [-0.15, -0.1) is 0 Å². The minimum Gasteiger partial charge on any atom is -0.381 e. The highest BCUT2D eigenvalue weighted by Crippen LogP contribution is 2.02. The lowest BCUT2D eigenvalue weighted by Gasteiger charge is -2.04. The monoisotopic (exact) mass is 256 g/mol. The molecule has 0 saturated carbocycles. The summed E-state index contributed by atoms with van der Waals surface area (Å²) in [7, 11) is 0. The number of ether oxygens (including phenoxy) is 2. The molecule has 0 aromatic heterocycles. The second-order valence-corrected chi connectivity index (χ2v) is 4.41. The molecule has 0 radical (unpaired) electrons. The molecule has 0 aromatic carbocycles. The third-order valence-corrected chi connectivity index (χ3v) is 2.62. The SMILES string of the molecule is C=CC(=O)CCCCCOCCCCOCCC. The summed E-state index contributed by atoms with van der Waals surface area (Å²) in [4.78, 5) is 10.9. The molecule has 0 amide bonds. The number of unbranched alkanes of at least 4 members (excludes halogenated alkanes) is 3. The summed E-state index contributed by atoms with van der Waals surface area (Å²) in [6, 6.07) is 0. The first-order chi connectivity index (χ1) is 8.81. The van der Waals surface area contributed by atoms with E-state index in [1.807, 2.05) is 0 Å². The normalized spacial score (nSPS) is 10.5. The van der Waals surface area contributed by atoms with Crippen LogP contribution >= 0.6 is 0 Å². The predicted octanol–water partition coefficient (Wildman–Crippen LogP) is 3.53. The Morgan fingerprint density at radius 2 is 1.50 bits per heavy atom. The molecule has 0 spiro atoms. The van der Waals surface area contributed by atoms with Crippen LogP contribution in [-0.2, 0) is 14.3 Å². The van der Waals surface area contributed by atoms with E-state index >= 15 is 0 Å². The van der Waals surface area contributed by atoms with E-state index in [4.69, 9.17) is 9.47 Å². The first-order valence-electron chi connectivity index (χ1n) is 7.12. The molecule has 0 unspecified atom stereocenters. The zero-order valence-electron chi connectivity index (χ0n) is 11.8. The van der Waals surface area contributed by atoms with Crippen molar-refractivity contribution in [3.05, 3.63) is 12.7 Å². The van der Waals surface area contributed by atoms with Crippen molar-refractivity contribution in [2.75, 3.05) is 26.4 Å². The zero-order chi connectivity index (χ0) is 13.5. The highest BCUT2D eigenvalue weighted by Gasteiger charge is 1.96. The van der Waals surface area contributed by atoms with Gasteiger partial charge in [0.15, 0.2) is 5.78 Å². The van der Waals surface area contributed by atoms with Gasteiger partial charge in [0.05, 0.1) is 0 Å². The van der Waals surface area contributed by atoms with Crippen LogP contribution in [0.25, 0.3) is 0 Å². The van der Waals surface area contributed by atoms with Gasteiger partial charge in [-0.1, -0.05) is 19.9 Å². The van der Waals surface area contributed by atoms with Crippen molar-refractivity contribution >= 4 is 5.78 Å². The minimum absolute atomic E-state index is 0.142. The number of ketones is 1. The van der Waals surface area contributed by atoms with Crippen LogP contribution in [-0.4, -0.2) is 32.2 Å². The number of carbonyl (C=O) groups is 1. The molecule has 0 saturated heterocycles. The second kappa shape index (κ2) is 14.4. The van der Waals surface area contributed by atoms with Gasteiger partial charge in [0, 0.05) is 32.8 Å². The van der Waals surface area contributed by atoms with Crippen molar-refractivity contribution in [2.24, 2.45) is 0 Å². The lowest BCUT2D eigenvalue weighted by Crippen LogP contribution is -2.01. The predicted molar refractivity (Wildman–Crippen MR) is 74.8 cm³/mol. The fourth-order valence-electron chi connectivity index (χ4n) is 1.54. The Hall–Kier alpha value is -0.670. The molecule has 0 aliphatic heterocycles. The lowest BCUT2D eigenvalue weighted by atomic mass is 10.1. The third-order valence-electron chi connectivity index (χ3n) is 2.62. The van der Waals surface area contributed by atoms with Crippen LogP contribution in [0.15, 0.2) is 12.7 Å². The molecular formula is C15H28O3. The highest BCUT2D eigenvalue weighted by atomic mass is 16.5. The van der Waals surface area contributed by atoms with Crippen molar-refractivity contribution < 1.29 is 14.3 Å². The number of hydrogen-bond acceptors (Lipinski definition) is 3. The minimum atomic E-state index is 0.142. The molecule has 0 aromatic rings. The summed E-state index contributed by atoms with van der Waals surface area (Å²) < 4.78 is 10.9. The summed E-state index contributed by atoms with van der Waals surface area (Å²) in [5, 5.41) is 0. The van der Waals surface area contributed by atoms with Crippen molar-refractivity contribution in [2.45, 2.75) is 51.9 Å². The highest BCUT2D eigenvalue weighted by molar-refractivity contribution is 5.88. The number of rotatable bonds is 14. The summed E-state index contributed by atoms with van der Waals surface area (Å²) in [5.41, 5.74) is 0. The first-order valence-corrected chi connectivity index (χ1v) is 7.12. The van der Waals surface area contributed by atoms with Gasteiger partial charge < -0.3 is 9.47 Å². The number of allylic oxidation sites excluding steroid dienone is 1. The molecule has 3 heteroatoms. The molecule has 0 rings (SSSR count). The summed E-state index contributed by atoms with van der Waals surface area (Å²) in [6.07, 6.45) is 8.29. The van der Waals surface area contributed by atoms with Crippen molar-refractivity contribution in [1.82, 2.24) is 0 Å². The number of carbonyl (C=O) groups excluding carboxylic acids is 1. The topological polar surface area (TPSA) is 35.5 Å². The molecule has 106 valence electrons. The summed E-state index contributed by atoms with van der Waals surface area (Å²) in [6.45, 7) is 8.91. The largest absolute Gasteiger partial charge is 0.381 e. The molecule has 0 atom stereocenters. The molecule has 18 heavy (non-hydrogen) atoms. The molecular weight excluding hydrogens is 228 g/mol. The van der Waals surface area contributed by atoms with E-state index in [1.54, 1.807) is 0 Å². The maximum absolute atomic E-state index is 10.9. The van der Waals surface area contributed by atoms with E-state index in [2.05, 4.69) is 13.5 Å². The van der Waals surface area contributed by atoms with E-state index in [9.17, 15) is 4.79 Å². The summed E-state index contributed by atoms with van der Waals surface area (Å²) >= 11 is 0. The number of hydrogen-bond donors (Lipinski definition) is 0. The maximum Gasteiger partial charge on any atom is 0.155 e. The fraction of sp³-hybridized carbons (Fsp3) is 0.800. The van der Waals surface area contributed by atoms with E-state index in [-0.39, 0.29) is 5.78 Å². The molecule has 3 nitrogen and oxygen atoms in total. The van der Waals surface area contributed by atoms with Crippen LogP contribution in [0.2, 0.25) is 0 Å². The van der Waals surface area contributed by atoms with Gasteiger partial charge in [0.1, 0.15) is 0 Å². The quantitative estimate of drug-likeness (QED) is 0.352. The van der Waals surface area contributed by atoms with Gasteiger partial charge in [0.2, 0.25) is 0 Å². The summed E-state index contributed by atoms with van der Waals surface area (Å²) in [5.74, 6) is 0.142. The van der Waals surface area contributed by atoms with Crippen molar-refractivity contribution in [3.63, 3.8) is 0 Å². The van der Waals surface area contributed by atoms with Crippen LogP contribution in [0.4, 0.5) is 0 Å². The van der Waals surface area contributed by atoms with Gasteiger partial charge in [-0.05, 0) is 38.2 Å². The Bertz CT molecular complexity index is 202. The van der Waals surface area contributed by atoms with Crippen LogP contribution in [0.3, 0.4) is 0 Å². The molecule has 0 heterocycles. The van der Waals surface area contributed by atoms with Gasteiger partial charge >= 0.3 is 0 Å². The Morgan fingerprint density at radius 3 is 2.06 bits per heavy atom. The first kappa shape index (κ1) is 17.3. The molecule has 0 bridgehead atoms. The average Bonchev–Trinajstić information content (AvgIpc) is 2.39. The Labute approximate surface area is 112 Å². The van der Waals surface area contributed by atoms with Crippen LogP contribution in [0, 0.1) is 0 Å². The van der Waals surface area contributed by atoms with Crippen LogP contribution in [0.1, 0.15) is 51.9 Å². The van der Waals surface area contributed by atoms with E-state index in [1.165, 1.54) is 6.08 Å². The fourth-order valence-corrected chi connectivity index (χ4v) is 1.54. The Balaban J connectivity index is 2.98. The van der Waals surface area contributed by atoms with Gasteiger partial charge in [-0.3, -0.25) is 4.79 Å². The smallest absolute Gasteiger partial charge is 0.155 e. The van der Waals surface area contributed by atoms with Crippen LogP contribution in [0.5, 0.6) is 0 Å². The molecule has 0 fully saturated rings. The van der Waals surface area contributed by atoms with Crippen molar-refractivity contribution in [1.29, 1.82) is 0 Å². The van der Waals surface area contributed by atoms with Gasteiger partial charge in [-0.25, -0.2) is 0 Å². The third kappa shape index (κ3) is 13.4. The molecule has 0 aliphatic carbocycles. The van der Waals surface area contributed by atoms with Gasteiger partial charge in [0.25, 0.3) is 0 Å². The van der Waals surface area contributed by atoms with Crippen LogP contribution < -0.4 is 0 Å². The second-order valence-electron chi connectivity index (χ2n) is 4.41. The van der Waals surface area contributed by atoms with E-state index < -0.39 is 0 Å². The lowest BCUT2D eigenvalue weighted by molar-refractivity contribution is -0.114. The van der Waals surface area contributed by atoms with Crippen molar-refractivity contribution in [3.8, 4) is 0 Å². The van der Waals surface area contributed by atoms with E-state index in [0.717, 1.165) is 65.0 Å². The zero-order valence-corrected chi connectivity index (χ0v) is 11.8. The Morgan fingerprint density at radius 1 is 0.944 bits per heavy atom. The maximum atomic E-state index is 10.9. The molecule has 0 N–H and O–H groups in total. The standard InChI is InChI=1S/C15H28O3/c1-3-11-17-13-8-9-14-18-12-7-5-6-10-15(16)4-2/h4H,2-3,5-14H2,1H3. The average molecular weight is 256 g/mol.